The first-order chi connectivity index (χ1) is 10.1. The molecule has 2 N–H and O–H groups in total. The fourth-order valence-electron chi connectivity index (χ4n) is 3.61. The molecule has 0 amide bonds. The van der Waals surface area contributed by atoms with Crippen molar-refractivity contribution in [3.63, 3.8) is 0 Å². The summed E-state index contributed by atoms with van der Waals surface area (Å²) in [5.74, 6) is -0.425. The summed E-state index contributed by atoms with van der Waals surface area (Å²) >= 11 is 0. The highest BCUT2D eigenvalue weighted by atomic mass is 16.5. The molecule has 114 valence electrons. The molecule has 0 aromatic heterocycles. The normalized spacial score (nSPS) is 29.3. The number of rotatable bonds is 4. The number of carbonyl (C=O) groups is 1. The Morgan fingerprint density at radius 1 is 1.48 bits per heavy atom. The monoisotopic (exact) mass is 291 g/mol. The van der Waals surface area contributed by atoms with Gasteiger partial charge in [-0.1, -0.05) is 12.1 Å². The van der Waals surface area contributed by atoms with Gasteiger partial charge in [0.15, 0.2) is 0 Å². The molecule has 0 radical (unpaired) electrons. The van der Waals surface area contributed by atoms with E-state index in [0.29, 0.717) is 18.1 Å². The minimum Gasteiger partial charge on any atom is -0.478 e. The summed E-state index contributed by atoms with van der Waals surface area (Å²) in [6.45, 7) is 4.03. The van der Waals surface area contributed by atoms with Crippen LogP contribution in [-0.4, -0.2) is 54.0 Å². The highest BCUT2D eigenvalue weighted by molar-refractivity contribution is 5.87. The van der Waals surface area contributed by atoms with Gasteiger partial charge in [-0.3, -0.25) is 4.90 Å². The summed E-state index contributed by atoms with van der Waals surface area (Å²) in [7, 11) is 0. The molecule has 1 aromatic rings. The predicted octanol–water partition coefficient (Wildman–Crippen LogP) is 1.22. The lowest BCUT2D eigenvalue weighted by Gasteiger charge is -2.36. The van der Waals surface area contributed by atoms with Crippen LogP contribution < -0.4 is 0 Å². The molecule has 1 aromatic carbocycles. The number of aromatic carboxylic acids is 1. The van der Waals surface area contributed by atoms with Crippen molar-refractivity contribution in [3.05, 3.63) is 35.4 Å². The second kappa shape index (κ2) is 5.75. The van der Waals surface area contributed by atoms with Crippen LogP contribution in [0.2, 0.25) is 0 Å². The molecule has 2 atom stereocenters. The van der Waals surface area contributed by atoms with Gasteiger partial charge in [0.25, 0.3) is 0 Å². The molecule has 2 aliphatic rings. The van der Waals surface area contributed by atoms with Crippen LogP contribution in [0.1, 0.15) is 22.3 Å². The van der Waals surface area contributed by atoms with E-state index in [1.54, 1.807) is 18.2 Å². The highest BCUT2D eigenvalue weighted by Crippen LogP contribution is 2.41. The maximum atomic E-state index is 11.0. The van der Waals surface area contributed by atoms with E-state index in [-0.39, 0.29) is 12.0 Å². The van der Waals surface area contributed by atoms with E-state index in [1.807, 2.05) is 6.07 Å². The molecule has 2 heterocycles. The van der Waals surface area contributed by atoms with Crippen molar-refractivity contribution < 1.29 is 19.7 Å². The van der Waals surface area contributed by atoms with E-state index >= 15 is 0 Å². The van der Waals surface area contributed by atoms with Crippen LogP contribution in [0.5, 0.6) is 0 Å². The topological polar surface area (TPSA) is 70.0 Å². The third-order valence-corrected chi connectivity index (χ3v) is 4.78. The van der Waals surface area contributed by atoms with Gasteiger partial charge in [0.1, 0.15) is 0 Å². The Labute approximate surface area is 124 Å². The summed E-state index contributed by atoms with van der Waals surface area (Å²) < 4.78 is 5.56. The standard InChI is InChI=1S/C16H21NO4/c18-10-16-9-17(8-14(16)4-5-21-11-16)7-12-2-1-3-13(6-12)15(19)20/h1-3,6,14,18H,4-5,7-11H2,(H,19,20)/t14-,16+/m0/s1. The minimum absolute atomic E-state index is 0.136. The zero-order valence-corrected chi connectivity index (χ0v) is 12.0. The van der Waals surface area contributed by atoms with E-state index in [0.717, 1.165) is 38.2 Å². The lowest BCUT2D eigenvalue weighted by Crippen LogP contribution is -2.42. The van der Waals surface area contributed by atoms with Crippen LogP contribution in [0.4, 0.5) is 0 Å². The first kappa shape index (κ1) is 14.5. The number of carboxylic acids is 1. The number of benzene rings is 1. The van der Waals surface area contributed by atoms with Crippen molar-refractivity contribution in [2.75, 3.05) is 32.9 Å². The number of aliphatic hydroxyl groups excluding tert-OH is 1. The molecular formula is C16H21NO4. The van der Waals surface area contributed by atoms with Crippen LogP contribution >= 0.6 is 0 Å². The number of nitrogens with zero attached hydrogens (tertiary/aromatic N) is 1. The Kier molecular flexibility index (Phi) is 3.97. The molecule has 2 fully saturated rings. The Morgan fingerprint density at radius 3 is 3.05 bits per heavy atom. The number of likely N-dealkylation sites (tertiary alicyclic amines) is 1. The van der Waals surface area contributed by atoms with E-state index in [2.05, 4.69) is 4.90 Å². The van der Waals surface area contributed by atoms with E-state index < -0.39 is 5.97 Å². The van der Waals surface area contributed by atoms with Crippen LogP contribution in [-0.2, 0) is 11.3 Å². The van der Waals surface area contributed by atoms with Gasteiger partial charge in [-0.25, -0.2) is 4.79 Å². The van der Waals surface area contributed by atoms with Crippen molar-refractivity contribution in [2.45, 2.75) is 13.0 Å². The molecule has 3 rings (SSSR count). The van der Waals surface area contributed by atoms with Crippen molar-refractivity contribution in [1.29, 1.82) is 0 Å². The van der Waals surface area contributed by atoms with E-state index in [1.165, 1.54) is 0 Å². The maximum absolute atomic E-state index is 11.0. The van der Waals surface area contributed by atoms with Crippen molar-refractivity contribution in [1.82, 2.24) is 4.90 Å². The zero-order valence-electron chi connectivity index (χ0n) is 12.0. The first-order valence-corrected chi connectivity index (χ1v) is 7.36. The number of carboxylic acid groups (broad SMARTS) is 1. The summed E-state index contributed by atoms with van der Waals surface area (Å²) in [6, 6.07) is 7.08. The number of hydrogen-bond acceptors (Lipinski definition) is 4. The Hall–Kier alpha value is -1.43. The zero-order chi connectivity index (χ0) is 14.9. The molecular weight excluding hydrogens is 270 g/mol. The third-order valence-electron chi connectivity index (χ3n) is 4.78. The Bertz CT molecular complexity index is 533. The van der Waals surface area contributed by atoms with E-state index in [4.69, 9.17) is 9.84 Å². The predicted molar refractivity (Wildman–Crippen MR) is 77.1 cm³/mol. The molecule has 2 saturated heterocycles. The Balaban J connectivity index is 1.72. The quantitative estimate of drug-likeness (QED) is 0.873. The second-order valence-electron chi connectivity index (χ2n) is 6.23. The molecule has 0 bridgehead atoms. The van der Waals surface area contributed by atoms with Gasteiger partial charge in [-0.15, -0.1) is 0 Å². The molecule has 0 spiro atoms. The van der Waals surface area contributed by atoms with Crippen LogP contribution in [0, 0.1) is 11.3 Å². The number of ether oxygens (including phenoxy) is 1. The minimum atomic E-state index is -0.896. The summed E-state index contributed by atoms with van der Waals surface area (Å²) in [5.41, 5.74) is 1.19. The van der Waals surface area contributed by atoms with Crippen molar-refractivity contribution in [2.24, 2.45) is 11.3 Å². The van der Waals surface area contributed by atoms with Gasteiger partial charge in [-0.2, -0.15) is 0 Å². The summed E-state index contributed by atoms with van der Waals surface area (Å²) in [4.78, 5) is 13.3. The first-order valence-electron chi connectivity index (χ1n) is 7.36. The summed E-state index contributed by atoms with van der Waals surface area (Å²) in [5, 5.41) is 18.8. The Morgan fingerprint density at radius 2 is 2.33 bits per heavy atom. The fraction of sp³-hybridized carbons (Fsp3) is 0.562. The molecule has 5 nitrogen and oxygen atoms in total. The van der Waals surface area contributed by atoms with Gasteiger partial charge in [0.05, 0.1) is 18.8 Å². The lowest BCUT2D eigenvalue weighted by molar-refractivity contribution is -0.0561. The van der Waals surface area contributed by atoms with Crippen LogP contribution in [0.15, 0.2) is 24.3 Å². The van der Waals surface area contributed by atoms with Crippen LogP contribution in [0.25, 0.3) is 0 Å². The molecule has 21 heavy (non-hydrogen) atoms. The van der Waals surface area contributed by atoms with Gasteiger partial charge in [0.2, 0.25) is 0 Å². The highest BCUT2D eigenvalue weighted by Gasteiger charge is 2.47. The summed E-state index contributed by atoms with van der Waals surface area (Å²) in [6.07, 6.45) is 0.992. The average Bonchev–Trinajstić information content (AvgIpc) is 2.86. The van der Waals surface area contributed by atoms with Gasteiger partial charge in [-0.05, 0) is 30.0 Å². The molecule has 5 heteroatoms. The number of aliphatic hydroxyl groups is 1. The third kappa shape index (κ3) is 2.81. The van der Waals surface area contributed by atoms with Crippen LogP contribution in [0.3, 0.4) is 0 Å². The molecule has 0 unspecified atom stereocenters. The lowest BCUT2D eigenvalue weighted by atomic mass is 9.76. The van der Waals surface area contributed by atoms with Crippen molar-refractivity contribution >= 4 is 5.97 Å². The SMILES string of the molecule is O=C(O)c1cccc(CN2C[C@@H]3CCOC[C@]3(CO)C2)c1. The number of hydrogen-bond donors (Lipinski definition) is 2. The fourth-order valence-corrected chi connectivity index (χ4v) is 3.61. The smallest absolute Gasteiger partial charge is 0.335 e. The van der Waals surface area contributed by atoms with Gasteiger partial charge in [0, 0.05) is 31.7 Å². The van der Waals surface area contributed by atoms with Gasteiger partial charge < -0.3 is 14.9 Å². The van der Waals surface area contributed by atoms with E-state index in [9.17, 15) is 9.90 Å². The van der Waals surface area contributed by atoms with Gasteiger partial charge >= 0.3 is 5.97 Å². The largest absolute Gasteiger partial charge is 0.478 e. The molecule has 2 aliphatic heterocycles. The van der Waals surface area contributed by atoms with Crippen molar-refractivity contribution in [3.8, 4) is 0 Å². The average molecular weight is 291 g/mol. The second-order valence-corrected chi connectivity index (χ2v) is 6.23. The molecule has 0 saturated carbocycles. The molecule has 0 aliphatic carbocycles. The number of fused-ring (bicyclic) bond motifs is 1. The maximum Gasteiger partial charge on any atom is 0.335 e.